The molecule has 0 fully saturated rings. The van der Waals surface area contributed by atoms with Crippen LogP contribution in [0.25, 0.3) is 0 Å². The van der Waals surface area contributed by atoms with Crippen molar-refractivity contribution in [3.63, 3.8) is 0 Å². The van der Waals surface area contributed by atoms with Gasteiger partial charge in [-0.15, -0.1) is 0 Å². The molecule has 0 saturated carbocycles. The van der Waals surface area contributed by atoms with Gasteiger partial charge in [-0.1, -0.05) is 33.1 Å². The maximum absolute atomic E-state index is 11.5. The third kappa shape index (κ3) is 3.69. The molecule has 0 bridgehead atoms. The van der Waals surface area contributed by atoms with E-state index >= 15 is 0 Å². The molecule has 2 heteroatoms. The molecule has 0 aliphatic heterocycles. The summed E-state index contributed by atoms with van der Waals surface area (Å²) in [6.07, 6.45) is 4.79. The van der Waals surface area contributed by atoms with Crippen molar-refractivity contribution in [2.45, 2.75) is 53.4 Å². The van der Waals surface area contributed by atoms with E-state index in [-0.39, 0.29) is 11.4 Å². The fourth-order valence-corrected chi connectivity index (χ4v) is 1.53. The Kier molecular flexibility index (Phi) is 5.82. The zero-order valence-electron chi connectivity index (χ0n) is 10.2. The second-order valence-electron chi connectivity index (χ2n) is 4.61. The van der Waals surface area contributed by atoms with Crippen LogP contribution in [0.1, 0.15) is 53.4 Å². The maximum Gasteiger partial charge on any atom is 0.311 e. The number of esters is 1. The highest BCUT2D eigenvalue weighted by Gasteiger charge is 2.34. The normalized spacial score (nSPS) is 13.8. The third-order valence-electron chi connectivity index (χ3n) is 3.18. The molecule has 0 amide bonds. The monoisotopic (exact) mass is 200 g/mol. The summed E-state index contributed by atoms with van der Waals surface area (Å²) in [6, 6.07) is 0. The minimum Gasteiger partial charge on any atom is -0.469 e. The highest BCUT2D eigenvalue weighted by Crippen LogP contribution is 2.31. The first kappa shape index (κ1) is 13.5. The molecule has 84 valence electrons. The van der Waals surface area contributed by atoms with Gasteiger partial charge in [-0.3, -0.25) is 4.79 Å². The van der Waals surface area contributed by atoms with Gasteiger partial charge in [0, 0.05) is 0 Å². The first-order chi connectivity index (χ1) is 6.46. The Bertz CT molecular complexity index is 173. The van der Waals surface area contributed by atoms with E-state index < -0.39 is 0 Å². The molecule has 0 heterocycles. The van der Waals surface area contributed by atoms with Crippen molar-refractivity contribution in [1.29, 1.82) is 0 Å². The lowest BCUT2D eigenvalue weighted by atomic mass is 9.77. The molecule has 2 nitrogen and oxygen atoms in total. The molecule has 14 heavy (non-hydrogen) atoms. The predicted molar refractivity (Wildman–Crippen MR) is 59.1 cm³/mol. The molecule has 0 aromatic rings. The summed E-state index contributed by atoms with van der Waals surface area (Å²) in [5.74, 6) is 0.294. The van der Waals surface area contributed by atoms with E-state index in [1.807, 2.05) is 13.8 Å². The quantitative estimate of drug-likeness (QED) is 0.485. The minimum atomic E-state index is -0.345. The van der Waals surface area contributed by atoms with Gasteiger partial charge in [0.25, 0.3) is 0 Å². The van der Waals surface area contributed by atoms with Gasteiger partial charge in [0.15, 0.2) is 0 Å². The van der Waals surface area contributed by atoms with Crippen LogP contribution < -0.4 is 0 Å². The SMILES string of the molecule is CCCCCC(C)C(C)(C)C(=O)OC. The summed E-state index contributed by atoms with van der Waals surface area (Å²) in [7, 11) is 1.46. The number of ether oxygens (including phenoxy) is 1. The van der Waals surface area contributed by atoms with E-state index in [1.165, 1.54) is 26.4 Å². The lowest BCUT2D eigenvalue weighted by molar-refractivity contribution is -0.153. The van der Waals surface area contributed by atoms with Gasteiger partial charge >= 0.3 is 5.97 Å². The number of unbranched alkanes of at least 4 members (excludes halogenated alkanes) is 2. The van der Waals surface area contributed by atoms with Gasteiger partial charge in [0.1, 0.15) is 0 Å². The maximum atomic E-state index is 11.5. The largest absolute Gasteiger partial charge is 0.469 e. The molecule has 0 saturated heterocycles. The number of methoxy groups -OCH3 is 1. The van der Waals surface area contributed by atoms with E-state index in [4.69, 9.17) is 4.74 Å². The van der Waals surface area contributed by atoms with Gasteiger partial charge < -0.3 is 4.74 Å². The molecule has 0 aliphatic rings. The van der Waals surface area contributed by atoms with Gasteiger partial charge in [-0.25, -0.2) is 0 Å². The highest BCUT2D eigenvalue weighted by molar-refractivity contribution is 5.76. The Morgan fingerprint density at radius 2 is 1.93 bits per heavy atom. The zero-order valence-corrected chi connectivity index (χ0v) is 10.2. The summed E-state index contributed by atoms with van der Waals surface area (Å²) in [5.41, 5.74) is -0.345. The van der Waals surface area contributed by atoms with Crippen LogP contribution in [0, 0.1) is 11.3 Å². The lowest BCUT2D eigenvalue weighted by Gasteiger charge is -2.28. The van der Waals surface area contributed by atoms with Crippen molar-refractivity contribution in [2.24, 2.45) is 11.3 Å². The van der Waals surface area contributed by atoms with Gasteiger partial charge in [-0.2, -0.15) is 0 Å². The molecular weight excluding hydrogens is 176 g/mol. The van der Waals surface area contributed by atoms with Crippen LogP contribution >= 0.6 is 0 Å². The summed E-state index contributed by atoms with van der Waals surface area (Å²) in [6.45, 7) is 8.26. The van der Waals surface area contributed by atoms with Crippen LogP contribution in [0.5, 0.6) is 0 Å². The Morgan fingerprint density at radius 1 is 1.36 bits per heavy atom. The topological polar surface area (TPSA) is 26.3 Å². The average molecular weight is 200 g/mol. The summed E-state index contributed by atoms with van der Waals surface area (Å²) < 4.78 is 4.80. The van der Waals surface area contributed by atoms with Crippen molar-refractivity contribution >= 4 is 5.97 Å². The molecule has 1 atom stereocenters. The molecule has 0 radical (unpaired) electrons. The van der Waals surface area contributed by atoms with Crippen molar-refractivity contribution in [1.82, 2.24) is 0 Å². The van der Waals surface area contributed by atoms with Gasteiger partial charge in [-0.05, 0) is 26.2 Å². The van der Waals surface area contributed by atoms with Crippen molar-refractivity contribution < 1.29 is 9.53 Å². The smallest absolute Gasteiger partial charge is 0.311 e. The lowest BCUT2D eigenvalue weighted by Crippen LogP contribution is -2.32. The van der Waals surface area contributed by atoms with Gasteiger partial charge in [0.2, 0.25) is 0 Å². The zero-order chi connectivity index (χ0) is 11.2. The Morgan fingerprint density at radius 3 is 2.36 bits per heavy atom. The predicted octanol–water partition coefficient (Wildman–Crippen LogP) is 3.40. The minimum absolute atomic E-state index is 0.0958. The van der Waals surface area contributed by atoms with Crippen LogP contribution in [0.2, 0.25) is 0 Å². The Balaban J connectivity index is 4.07. The fraction of sp³-hybridized carbons (Fsp3) is 0.917. The number of carbonyl (C=O) groups is 1. The first-order valence-electron chi connectivity index (χ1n) is 5.55. The summed E-state index contributed by atoms with van der Waals surface area (Å²) >= 11 is 0. The number of hydrogen-bond donors (Lipinski definition) is 0. The first-order valence-corrected chi connectivity index (χ1v) is 5.55. The fourth-order valence-electron chi connectivity index (χ4n) is 1.53. The molecule has 0 aromatic carbocycles. The molecule has 1 unspecified atom stereocenters. The molecule has 0 aromatic heterocycles. The van der Waals surface area contributed by atoms with Crippen molar-refractivity contribution in [2.75, 3.05) is 7.11 Å². The van der Waals surface area contributed by atoms with Gasteiger partial charge in [0.05, 0.1) is 12.5 Å². The second kappa shape index (κ2) is 6.05. The summed E-state index contributed by atoms with van der Waals surface area (Å²) in [4.78, 5) is 11.5. The van der Waals surface area contributed by atoms with E-state index in [9.17, 15) is 4.79 Å². The molecular formula is C12H24O2. The van der Waals surface area contributed by atoms with E-state index in [0.717, 1.165) is 6.42 Å². The van der Waals surface area contributed by atoms with Crippen LogP contribution in [-0.4, -0.2) is 13.1 Å². The van der Waals surface area contributed by atoms with Crippen LogP contribution in [0.3, 0.4) is 0 Å². The number of rotatable bonds is 6. The van der Waals surface area contributed by atoms with Crippen LogP contribution in [0.4, 0.5) is 0 Å². The molecule has 0 N–H and O–H groups in total. The van der Waals surface area contributed by atoms with E-state index in [0.29, 0.717) is 5.92 Å². The molecule has 0 aliphatic carbocycles. The standard InChI is InChI=1S/C12H24O2/c1-6-7-8-9-10(2)12(3,4)11(13)14-5/h10H,6-9H2,1-5H3. The Labute approximate surface area is 88.0 Å². The van der Waals surface area contributed by atoms with Crippen LogP contribution in [0.15, 0.2) is 0 Å². The van der Waals surface area contributed by atoms with Crippen molar-refractivity contribution in [3.8, 4) is 0 Å². The second-order valence-corrected chi connectivity index (χ2v) is 4.61. The van der Waals surface area contributed by atoms with E-state index in [1.54, 1.807) is 0 Å². The third-order valence-corrected chi connectivity index (χ3v) is 3.18. The number of carbonyl (C=O) groups excluding carboxylic acids is 1. The summed E-state index contributed by atoms with van der Waals surface area (Å²) in [5, 5.41) is 0. The van der Waals surface area contributed by atoms with Crippen molar-refractivity contribution in [3.05, 3.63) is 0 Å². The number of hydrogen-bond acceptors (Lipinski definition) is 2. The van der Waals surface area contributed by atoms with Crippen LogP contribution in [-0.2, 0) is 9.53 Å². The highest BCUT2D eigenvalue weighted by atomic mass is 16.5. The molecule has 0 rings (SSSR count). The Hall–Kier alpha value is -0.530. The average Bonchev–Trinajstić information content (AvgIpc) is 2.16. The van der Waals surface area contributed by atoms with E-state index in [2.05, 4.69) is 13.8 Å². The molecule has 0 spiro atoms.